The number of halogens is 2. The highest BCUT2D eigenvalue weighted by molar-refractivity contribution is 6.30. The molecule has 0 bridgehead atoms. The first-order valence-electron chi connectivity index (χ1n) is 6.37. The molecule has 0 aliphatic heterocycles. The molecule has 0 aliphatic carbocycles. The Morgan fingerprint density at radius 2 is 1.90 bits per heavy atom. The summed E-state index contributed by atoms with van der Waals surface area (Å²) >= 11 is 6.08. The summed E-state index contributed by atoms with van der Waals surface area (Å²) in [6.45, 7) is 7.34. The van der Waals surface area contributed by atoms with Crippen LogP contribution in [0.3, 0.4) is 0 Å². The van der Waals surface area contributed by atoms with Gasteiger partial charge in [0.15, 0.2) is 11.6 Å². The van der Waals surface area contributed by atoms with Crippen molar-refractivity contribution in [1.29, 1.82) is 0 Å². The number of aromatic nitrogens is 2. The molecule has 2 rings (SSSR count). The maximum atomic E-state index is 14.0. The molecule has 5 heteroatoms. The fourth-order valence-corrected chi connectivity index (χ4v) is 1.81. The fraction of sp³-hybridized carbons (Fsp3) is 0.333. The Morgan fingerprint density at radius 1 is 1.20 bits per heavy atom. The van der Waals surface area contributed by atoms with Crippen LogP contribution in [0.1, 0.15) is 36.7 Å². The van der Waals surface area contributed by atoms with Crippen LogP contribution in [-0.4, -0.2) is 9.97 Å². The van der Waals surface area contributed by atoms with E-state index in [0.717, 1.165) is 0 Å². The number of nitrogens with zero attached hydrogens (tertiary/aromatic N) is 2. The number of ether oxygens (including phenoxy) is 1. The second kappa shape index (κ2) is 5.75. The minimum atomic E-state index is -0.396. The zero-order valence-corrected chi connectivity index (χ0v) is 12.6. The van der Waals surface area contributed by atoms with Crippen LogP contribution in [0.2, 0.25) is 5.15 Å². The molecule has 0 atom stereocenters. The van der Waals surface area contributed by atoms with E-state index in [4.69, 9.17) is 16.3 Å². The van der Waals surface area contributed by atoms with Crippen molar-refractivity contribution >= 4 is 11.6 Å². The van der Waals surface area contributed by atoms with Gasteiger partial charge in [0.25, 0.3) is 0 Å². The Kier molecular flexibility index (Phi) is 4.23. The van der Waals surface area contributed by atoms with Crippen molar-refractivity contribution < 1.29 is 9.13 Å². The number of hydrogen-bond donors (Lipinski definition) is 0. The van der Waals surface area contributed by atoms with Gasteiger partial charge in [-0.1, -0.05) is 37.6 Å². The highest BCUT2D eigenvalue weighted by atomic mass is 35.5. The molecule has 1 aromatic carbocycles. The average molecular weight is 295 g/mol. The highest BCUT2D eigenvalue weighted by Crippen LogP contribution is 2.30. The summed E-state index contributed by atoms with van der Waals surface area (Å²) in [5, 5.41) is 0.326. The van der Waals surface area contributed by atoms with Gasteiger partial charge in [0, 0.05) is 11.5 Å². The third-order valence-corrected chi connectivity index (χ3v) is 3.31. The van der Waals surface area contributed by atoms with Gasteiger partial charge in [0.05, 0.1) is 0 Å². The predicted molar refractivity (Wildman–Crippen MR) is 77.1 cm³/mol. The standard InChI is InChI=1S/C15H16ClFN2O/c1-8(2)14-18-13(16)10(4)15(19-14)20-11-7-5-6-9(3)12(11)17/h5-8H,1-4H3. The summed E-state index contributed by atoms with van der Waals surface area (Å²) in [4.78, 5) is 8.51. The number of rotatable bonds is 3. The van der Waals surface area contributed by atoms with Crippen molar-refractivity contribution in [1.82, 2.24) is 9.97 Å². The Bertz CT molecular complexity index is 644. The molecule has 2 aromatic rings. The van der Waals surface area contributed by atoms with Crippen LogP contribution in [0.5, 0.6) is 11.6 Å². The molecule has 0 radical (unpaired) electrons. The Labute approximate surface area is 122 Å². The molecule has 0 aliphatic rings. The van der Waals surface area contributed by atoms with Crippen molar-refractivity contribution in [2.75, 3.05) is 0 Å². The van der Waals surface area contributed by atoms with Gasteiger partial charge in [-0.3, -0.25) is 0 Å². The predicted octanol–water partition coefficient (Wildman–Crippen LogP) is 4.80. The largest absolute Gasteiger partial charge is 0.435 e. The molecule has 0 spiro atoms. The van der Waals surface area contributed by atoms with E-state index >= 15 is 0 Å². The summed E-state index contributed by atoms with van der Waals surface area (Å²) < 4.78 is 19.6. The molecule has 0 unspecified atom stereocenters. The monoisotopic (exact) mass is 294 g/mol. The topological polar surface area (TPSA) is 35.0 Å². The van der Waals surface area contributed by atoms with E-state index in [0.29, 0.717) is 28.0 Å². The van der Waals surface area contributed by atoms with Gasteiger partial charge in [-0.05, 0) is 25.5 Å². The van der Waals surface area contributed by atoms with Crippen LogP contribution in [0, 0.1) is 19.7 Å². The van der Waals surface area contributed by atoms with E-state index in [2.05, 4.69) is 9.97 Å². The summed E-state index contributed by atoms with van der Waals surface area (Å²) in [6.07, 6.45) is 0. The van der Waals surface area contributed by atoms with Gasteiger partial charge >= 0.3 is 0 Å². The van der Waals surface area contributed by atoms with Crippen molar-refractivity contribution in [2.45, 2.75) is 33.6 Å². The third-order valence-electron chi connectivity index (χ3n) is 2.94. The second-order valence-electron chi connectivity index (χ2n) is 4.95. The minimum Gasteiger partial charge on any atom is -0.435 e. The molecule has 0 fully saturated rings. The molecule has 1 aromatic heterocycles. The summed E-state index contributed by atoms with van der Waals surface area (Å²) in [5.41, 5.74) is 1.11. The molecular weight excluding hydrogens is 279 g/mol. The third kappa shape index (κ3) is 2.90. The molecule has 0 saturated carbocycles. The number of hydrogen-bond acceptors (Lipinski definition) is 3. The average Bonchev–Trinajstić information content (AvgIpc) is 2.39. The highest BCUT2D eigenvalue weighted by Gasteiger charge is 2.15. The van der Waals surface area contributed by atoms with E-state index in [-0.39, 0.29) is 11.7 Å². The normalized spacial score (nSPS) is 10.9. The van der Waals surface area contributed by atoms with Crippen LogP contribution in [-0.2, 0) is 0 Å². The number of aryl methyl sites for hydroxylation is 1. The summed E-state index contributed by atoms with van der Waals surface area (Å²) in [7, 11) is 0. The molecule has 0 amide bonds. The number of benzene rings is 1. The van der Waals surface area contributed by atoms with Crippen LogP contribution < -0.4 is 4.74 Å². The van der Waals surface area contributed by atoms with E-state index in [9.17, 15) is 4.39 Å². The van der Waals surface area contributed by atoms with E-state index in [1.165, 1.54) is 0 Å². The van der Waals surface area contributed by atoms with Crippen molar-refractivity contribution in [3.8, 4) is 11.6 Å². The Balaban J connectivity index is 2.45. The molecule has 1 heterocycles. The van der Waals surface area contributed by atoms with Gasteiger partial charge in [-0.15, -0.1) is 0 Å². The smallest absolute Gasteiger partial charge is 0.227 e. The van der Waals surface area contributed by atoms with E-state index in [1.807, 2.05) is 13.8 Å². The van der Waals surface area contributed by atoms with Gasteiger partial charge in [0.2, 0.25) is 5.88 Å². The van der Waals surface area contributed by atoms with E-state index < -0.39 is 5.82 Å². The molecule has 20 heavy (non-hydrogen) atoms. The second-order valence-corrected chi connectivity index (χ2v) is 5.30. The van der Waals surface area contributed by atoms with Crippen molar-refractivity contribution in [3.63, 3.8) is 0 Å². The van der Waals surface area contributed by atoms with Gasteiger partial charge in [-0.2, -0.15) is 4.98 Å². The Morgan fingerprint density at radius 3 is 2.55 bits per heavy atom. The van der Waals surface area contributed by atoms with Crippen molar-refractivity contribution in [2.24, 2.45) is 0 Å². The Hall–Kier alpha value is -1.68. The zero-order valence-electron chi connectivity index (χ0n) is 11.9. The van der Waals surface area contributed by atoms with Gasteiger partial charge in [-0.25, -0.2) is 9.37 Å². The lowest BCUT2D eigenvalue weighted by Gasteiger charge is -2.13. The maximum absolute atomic E-state index is 14.0. The van der Waals surface area contributed by atoms with Gasteiger partial charge < -0.3 is 4.74 Å². The molecule has 3 nitrogen and oxygen atoms in total. The molecule has 0 N–H and O–H groups in total. The van der Waals surface area contributed by atoms with Crippen LogP contribution in [0.4, 0.5) is 4.39 Å². The molecular formula is C15H16ClFN2O. The maximum Gasteiger partial charge on any atom is 0.227 e. The van der Waals surface area contributed by atoms with Crippen LogP contribution in [0.25, 0.3) is 0 Å². The SMILES string of the molecule is Cc1cccc(Oc2nc(C(C)C)nc(Cl)c2C)c1F. The van der Waals surface area contributed by atoms with Crippen LogP contribution >= 0.6 is 11.6 Å². The molecule has 0 saturated heterocycles. The first-order chi connectivity index (χ1) is 9.40. The van der Waals surface area contributed by atoms with Crippen LogP contribution in [0.15, 0.2) is 18.2 Å². The summed E-state index contributed by atoms with van der Waals surface area (Å²) in [6, 6.07) is 4.98. The fourth-order valence-electron chi connectivity index (χ4n) is 1.65. The lowest BCUT2D eigenvalue weighted by atomic mass is 10.2. The molecule has 106 valence electrons. The lowest BCUT2D eigenvalue weighted by Crippen LogP contribution is -2.03. The first kappa shape index (κ1) is 14.7. The minimum absolute atomic E-state index is 0.109. The summed E-state index contributed by atoms with van der Waals surface area (Å²) in [5.74, 6) is 0.713. The lowest BCUT2D eigenvalue weighted by molar-refractivity contribution is 0.418. The first-order valence-corrected chi connectivity index (χ1v) is 6.75. The van der Waals surface area contributed by atoms with Crippen molar-refractivity contribution in [3.05, 3.63) is 46.1 Å². The zero-order chi connectivity index (χ0) is 14.9. The van der Waals surface area contributed by atoms with Gasteiger partial charge in [0.1, 0.15) is 11.0 Å². The quantitative estimate of drug-likeness (QED) is 0.763. The van der Waals surface area contributed by atoms with E-state index in [1.54, 1.807) is 32.0 Å².